The number of ether oxygens (including phenoxy) is 1. The van der Waals surface area contributed by atoms with Gasteiger partial charge in [0.1, 0.15) is 11.3 Å². The van der Waals surface area contributed by atoms with E-state index >= 15 is 0 Å². The van der Waals surface area contributed by atoms with Crippen LogP contribution in [0.1, 0.15) is 24.2 Å². The summed E-state index contributed by atoms with van der Waals surface area (Å²) in [5.74, 6) is -1.85. The molecule has 1 heterocycles. The fraction of sp³-hybridized carbons (Fsp3) is 0.462. The summed E-state index contributed by atoms with van der Waals surface area (Å²) in [6.45, 7) is 3.96. The van der Waals surface area contributed by atoms with Crippen molar-refractivity contribution >= 4 is 16.0 Å². The number of hydrogen-bond acceptors (Lipinski definition) is 5. The number of rotatable bonds is 3. The number of hydrogen-bond donors (Lipinski definition) is 2. The van der Waals surface area contributed by atoms with Crippen LogP contribution in [-0.2, 0) is 14.8 Å². The van der Waals surface area contributed by atoms with Crippen molar-refractivity contribution in [2.24, 2.45) is 0 Å². The Bertz CT molecular complexity index is 647. The smallest absolute Gasteiger partial charge is 0.339 e. The van der Waals surface area contributed by atoms with Crippen LogP contribution in [0.25, 0.3) is 0 Å². The van der Waals surface area contributed by atoms with Crippen molar-refractivity contribution in [1.29, 1.82) is 0 Å². The summed E-state index contributed by atoms with van der Waals surface area (Å²) < 4.78 is 31.9. The standard InChI is InChI=1S/C13H17NO6S/c1-8-6-14(7-9(2)20-8)21(18,19)10-3-4-12(15)11(5-10)13(16)17/h3-5,8-9,15H,6-7H2,1-2H3,(H,16,17)/t8-,9-/m0/s1. The third-order valence-electron chi connectivity index (χ3n) is 3.22. The number of sulfonamides is 1. The largest absolute Gasteiger partial charge is 0.507 e. The monoisotopic (exact) mass is 315 g/mol. The fourth-order valence-electron chi connectivity index (χ4n) is 2.32. The second kappa shape index (κ2) is 5.63. The Morgan fingerprint density at radius 2 is 1.86 bits per heavy atom. The van der Waals surface area contributed by atoms with Crippen LogP contribution in [0.5, 0.6) is 5.75 Å². The van der Waals surface area contributed by atoms with Crippen LogP contribution in [0.2, 0.25) is 0 Å². The summed E-state index contributed by atoms with van der Waals surface area (Å²) in [5.41, 5.74) is -0.439. The average molecular weight is 315 g/mol. The molecule has 1 aromatic rings. The molecule has 7 nitrogen and oxygen atoms in total. The van der Waals surface area contributed by atoms with Crippen molar-refractivity contribution < 1.29 is 28.2 Å². The maximum absolute atomic E-state index is 12.6. The summed E-state index contributed by atoms with van der Waals surface area (Å²) >= 11 is 0. The molecule has 0 saturated carbocycles. The van der Waals surface area contributed by atoms with E-state index in [1.807, 2.05) is 0 Å². The van der Waals surface area contributed by atoms with Gasteiger partial charge < -0.3 is 14.9 Å². The van der Waals surface area contributed by atoms with Gasteiger partial charge in [-0.05, 0) is 32.0 Å². The highest BCUT2D eigenvalue weighted by atomic mass is 32.2. The number of morpholine rings is 1. The van der Waals surface area contributed by atoms with Crippen molar-refractivity contribution in [2.75, 3.05) is 13.1 Å². The molecule has 0 aromatic heterocycles. The number of benzene rings is 1. The molecule has 8 heteroatoms. The van der Waals surface area contributed by atoms with E-state index in [9.17, 15) is 18.3 Å². The van der Waals surface area contributed by atoms with Crippen molar-refractivity contribution in [3.63, 3.8) is 0 Å². The molecule has 1 aromatic carbocycles. The number of aromatic carboxylic acids is 1. The Morgan fingerprint density at radius 1 is 1.29 bits per heavy atom. The van der Waals surface area contributed by atoms with Crippen molar-refractivity contribution in [2.45, 2.75) is 31.0 Å². The molecule has 2 rings (SSSR count). The third-order valence-corrected chi connectivity index (χ3v) is 5.05. The first kappa shape index (κ1) is 15.7. The van der Waals surface area contributed by atoms with Gasteiger partial charge in [-0.15, -0.1) is 0 Å². The topological polar surface area (TPSA) is 104 Å². The first-order chi connectivity index (χ1) is 9.71. The van der Waals surface area contributed by atoms with Crippen LogP contribution >= 0.6 is 0 Å². The summed E-state index contributed by atoms with van der Waals surface area (Å²) in [5, 5.41) is 18.4. The van der Waals surface area contributed by atoms with Crippen LogP contribution in [0.15, 0.2) is 23.1 Å². The quantitative estimate of drug-likeness (QED) is 0.858. The van der Waals surface area contributed by atoms with Crippen LogP contribution in [0.3, 0.4) is 0 Å². The number of carbonyl (C=O) groups is 1. The lowest BCUT2D eigenvalue weighted by Gasteiger charge is -2.34. The van der Waals surface area contributed by atoms with Gasteiger partial charge in [0, 0.05) is 13.1 Å². The number of nitrogens with zero attached hydrogens (tertiary/aromatic N) is 1. The molecule has 0 spiro atoms. The van der Waals surface area contributed by atoms with E-state index in [2.05, 4.69) is 0 Å². The molecular formula is C13H17NO6S. The zero-order chi connectivity index (χ0) is 15.8. The summed E-state index contributed by atoms with van der Waals surface area (Å²) in [6, 6.07) is 3.24. The molecule has 0 unspecified atom stereocenters. The van der Waals surface area contributed by atoms with Gasteiger partial charge in [0.2, 0.25) is 10.0 Å². The van der Waals surface area contributed by atoms with Gasteiger partial charge in [0.05, 0.1) is 17.1 Å². The highest BCUT2D eigenvalue weighted by molar-refractivity contribution is 7.89. The Kier molecular flexibility index (Phi) is 4.22. The van der Waals surface area contributed by atoms with Gasteiger partial charge in [-0.3, -0.25) is 0 Å². The van der Waals surface area contributed by atoms with Crippen LogP contribution in [0.4, 0.5) is 0 Å². The van der Waals surface area contributed by atoms with Gasteiger partial charge in [0.15, 0.2) is 0 Å². The van der Waals surface area contributed by atoms with Gasteiger partial charge in [-0.1, -0.05) is 0 Å². The van der Waals surface area contributed by atoms with E-state index < -0.39 is 27.3 Å². The lowest BCUT2D eigenvalue weighted by Crippen LogP contribution is -2.48. The zero-order valence-electron chi connectivity index (χ0n) is 11.7. The second-order valence-corrected chi connectivity index (χ2v) is 7.00. The minimum absolute atomic E-state index is 0.154. The van der Waals surface area contributed by atoms with Gasteiger partial charge in [0.25, 0.3) is 0 Å². The van der Waals surface area contributed by atoms with Gasteiger partial charge >= 0.3 is 5.97 Å². The highest BCUT2D eigenvalue weighted by Gasteiger charge is 2.32. The predicted molar refractivity (Wildman–Crippen MR) is 73.8 cm³/mol. The molecule has 116 valence electrons. The lowest BCUT2D eigenvalue weighted by atomic mass is 10.2. The molecule has 1 saturated heterocycles. The third kappa shape index (κ3) is 3.17. The minimum atomic E-state index is -3.82. The van der Waals surface area contributed by atoms with Crippen molar-refractivity contribution in [3.8, 4) is 5.75 Å². The molecular weight excluding hydrogens is 298 g/mol. The number of carboxylic acid groups (broad SMARTS) is 1. The summed E-state index contributed by atoms with van der Waals surface area (Å²) in [6.07, 6.45) is -0.473. The second-order valence-electron chi connectivity index (χ2n) is 5.06. The molecule has 0 radical (unpaired) electrons. The summed E-state index contributed by atoms with van der Waals surface area (Å²) in [7, 11) is -3.82. The van der Waals surface area contributed by atoms with E-state index in [4.69, 9.17) is 9.84 Å². The fourth-order valence-corrected chi connectivity index (χ4v) is 3.94. The van der Waals surface area contributed by atoms with E-state index in [1.165, 1.54) is 10.4 Å². The van der Waals surface area contributed by atoms with E-state index in [-0.39, 0.29) is 30.2 Å². The van der Waals surface area contributed by atoms with Crippen LogP contribution < -0.4 is 0 Å². The molecule has 0 bridgehead atoms. The van der Waals surface area contributed by atoms with Crippen LogP contribution in [0, 0.1) is 0 Å². The molecule has 2 atom stereocenters. The number of phenols is 1. The predicted octanol–water partition coefficient (Wildman–Crippen LogP) is 0.888. The van der Waals surface area contributed by atoms with E-state index in [0.29, 0.717) is 0 Å². The summed E-state index contributed by atoms with van der Waals surface area (Å²) in [4.78, 5) is 10.8. The van der Waals surface area contributed by atoms with Crippen molar-refractivity contribution in [1.82, 2.24) is 4.31 Å². The molecule has 1 aliphatic heterocycles. The molecule has 1 fully saturated rings. The zero-order valence-corrected chi connectivity index (χ0v) is 12.5. The maximum Gasteiger partial charge on any atom is 0.339 e. The van der Waals surface area contributed by atoms with E-state index in [0.717, 1.165) is 12.1 Å². The first-order valence-corrected chi connectivity index (χ1v) is 7.87. The highest BCUT2D eigenvalue weighted by Crippen LogP contribution is 2.25. The Morgan fingerprint density at radius 3 is 2.38 bits per heavy atom. The minimum Gasteiger partial charge on any atom is -0.507 e. The van der Waals surface area contributed by atoms with E-state index in [1.54, 1.807) is 13.8 Å². The molecule has 0 aliphatic carbocycles. The molecule has 21 heavy (non-hydrogen) atoms. The first-order valence-electron chi connectivity index (χ1n) is 6.43. The van der Waals surface area contributed by atoms with Gasteiger partial charge in [-0.25, -0.2) is 13.2 Å². The van der Waals surface area contributed by atoms with Gasteiger partial charge in [-0.2, -0.15) is 4.31 Å². The Balaban J connectivity index is 2.40. The van der Waals surface area contributed by atoms with Crippen molar-refractivity contribution in [3.05, 3.63) is 23.8 Å². The average Bonchev–Trinajstić information content (AvgIpc) is 2.37. The Hall–Kier alpha value is -1.64. The SMILES string of the molecule is C[C@H]1CN(S(=O)(=O)c2ccc(O)c(C(=O)O)c2)C[C@H](C)O1. The number of carboxylic acids is 1. The molecule has 2 N–H and O–H groups in total. The Labute approximate surface area is 122 Å². The molecule has 1 aliphatic rings. The maximum atomic E-state index is 12.6. The lowest BCUT2D eigenvalue weighted by molar-refractivity contribution is -0.0440. The number of aromatic hydroxyl groups is 1. The normalized spacial score (nSPS) is 23.9. The molecule has 0 amide bonds. The van der Waals surface area contributed by atoms with Crippen LogP contribution in [-0.4, -0.2) is 54.2 Å².